The average molecular weight is 273 g/mol. The summed E-state index contributed by atoms with van der Waals surface area (Å²) in [5.74, 6) is 0. The average Bonchev–Trinajstić information content (AvgIpc) is 1.91. The van der Waals surface area contributed by atoms with E-state index in [0.29, 0.717) is 6.04 Å². The Morgan fingerprint density at radius 3 is 2.75 bits per heavy atom. The molecule has 1 heterocycles. The fourth-order valence-corrected chi connectivity index (χ4v) is 2.23. The molecule has 0 unspecified atom stereocenters. The van der Waals surface area contributed by atoms with Crippen molar-refractivity contribution < 1.29 is 0 Å². The lowest BCUT2D eigenvalue weighted by molar-refractivity contribution is 0.382. The van der Waals surface area contributed by atoms with Crippen LogP contribution in [0.15, 0.2) is 18.2 Å². The molecule has 1 saturated heterocycles. The smallest absolute Gasteiger partial charge is 0.0334 e. The maximum absolute atomic E-state index is 3.42. The molecule has 1 N–H and O–H groups in total. The highest BCUT2D eigenvalue weighted by atomic mass is 127. The van der Waals surface area contributed by atoms with E-state index < -0.39 is 0 Å². The van der Waals surface area contributed by atoms with Crippen molar-refractivity contribution in [1.29, 1.82) is 0 Å². The molecule has 1 nitrogen and oxygen atoms in total. The van der Waals surface area contributed by atoms with Crippen LogP contribution in [0.2, 0.25) is 0 Å². The SMILES string of the molecule is Cc1cc(I)ccc1[C@H]1CCN1. The summed E-state index contributed by atoms with van der Waals surface area (Å²) in [5.41, 5.74) is 2.89. The molecular formula is C10H12IN. The van der Waals surface area contributed by atoms with Crippen LogP contribution in [0, 0.1) is 10.5 Å². The van der Waals surface area contributed by atoms with E-state index in [4.69, 9.17) is 0 Å². The van der Waals surface area contributed by atoms with Gasteiger partial charge in [-0.25, -0.2) is 0 Å². The highest BCUT2D eigenvalue weighted by Gasteiger charge is 2.19. The highest BCUT2D eigenvalue weighted by Crippen LogP contribution is 2.26. The van der Waals surface area contributed by atoms with Crippen molar-refractivity contribution in [3.05, 3.63) is 32.9 Å². The fraction of sp³-hybridized carbons (Fsp3) is 0.400. The maximum atomic E-state index is 3.42. The zero-order valence-electron chi connectivity index (χ0n) is 7.10. The quantitative estimate of drug-likeness (QED) is 0.776. The van der Waals surface area contributed by atoms with Crippen LogP contribution < -0.4 is 5.32 Å². The molecule has 0 saturated carbocycles. The normalized spacial score (nSPS) is 22.0. The van der Waals surface area contributed by atoms with Crippen LogP contribution in [-0.4, -0.2) is 6.54 Å². The van der Waals surface area contributed by atoms with Gasteiger partial charge in [-0.1, -0.05) is 6.07 Å². The van der Waals surface area contributed by atoms with Crippen LogP contribution in [0.5, 0.6) is 0 Å². The molecule has 2 rings (SSSR count). The third-order valence-electron chi connectivity index (χ3n) is 2.43. The van der Waals surface area contributed by atoms with Gasteiger partial charge in [0.15, 0.2) is 0 Å². The first kappa shape index (κ1) is 8.51. The van der Waals surface area contributed by atoms with Gasteiger partial charge in [0.2, 0.25) is 0 Å². The molecule has 1 aliphatic heterocycles. The second-order valence-corrected chi connectivity index (χ2v) is 4.54. The Kier molecular flexibility index (Phi) is 2.37. The summed E-state index contributed by atoms with van der Waals surface area (Å²) in [4.78, 5) is 0. The molecule has 0 amide bonds. The van der Waals surface area contributed by atoms with E-state index in [1.165, 1.54) is 27.7 Å². The van der Waals surface area contributed by atoms with E-state index in [1.807, 2.05) is 0 Å². The zero-order chi connectivity index (χ0) is 8.55. The Balaban J connectivity index is 2.31. The third-order valence-corrected chi connectivity index (χ3v) is 3.10. The van der Waals surface area contributed by atoms with Crippen molar-refractivity contribution >= 4 is 22.6 Å². The molecule has 0 aliphatic carbocycles. The van der Waals surface area contributed by atoms with Crippen LogP contribution in [0.3, 0.4) is 0 Å². The minimum atomic E-state index is 0.627. The Hall–Kier alpha value is -0.0900. The van der Waals surface area contributed by atoms with Crippen LogP contribution in [0.25, 0.3) is 0 Å². The van der Waals surface area contributed by atoms with E-state index in [1.54, 1.807) is 0 Å². The standard InChI is InChI=1S/C10H12IN/c1-7-6-8(11)2-3-9(7)10-4-5-12-10/h2-3,6,10,12H,4-5H2,1H3/t10-/m1/s1. The summed E-state index contributed by atoms with van der Waals surface area (Å²) in [6.07, 6.45) is 1.29. The van der Waals surface area contributed by atoms with Crippen molar-refractivity contribution in [2.45, 2.75) is 19.4 Å². The summed E-state index contributed by atoms with van der Waals surface area (Å²) >= 11 is 2.36. The Morgan fingerprint density at radius 1 is 1.50 bits per heavy atom. The van der Waals surface area contributed by atoms with E-state index in [2.05, 4.69) is 53.0 Å². The Labute approximate surface area is 86.7 Å². The Morgan fingerprint density at radius 2 is 2.25 bits per heavy atom. The van der Waals surface area contributed by atoms with Crippen LogP contribution in [0.1, 0.15) is 23.6 Å². The Bertz CT molecular complexity index is 292. The predicted molar refractivity (Wildman–Crippen MR) is 59.3 cm³/mol. The molecule has 1 aromatic carbocycles. The minimum absolute atomic E-state index is 0.627. The first-order chi connectivity index (χ1) is 5.77. The molecular weight excluding hydrogens is 261 g/mol. The molecule has 64 valence electrons. The van der Waals surface area contributed by atoms with Gasteiger partial charge >= 0.3 is 0 Å². The topological polar surface area (TPSA) is 12.0 Å². The molecule has 0 radical (unpaired) electrons. The van der Waals surface area contributed by atoms with Gasteiger partial charge in [0, 0.05) is 9.61 Å². The second kappa shape index (κ2) is 3.34. The van der Waals surface area contributed by atoms with E-state index >= 15 is 0 Å². The number of nitrogens with one attached hydrogen (secondary N) is 1. The molecule has 1 aromatic rings. The summed E-state index contributed by atoms with van der Waals surface area (Å²) in [5, 5.41) is 3.42. The fourth-order valence-electron chi connectivity index (χ4n) is 1.58. The van der Waals surface area contributed by atoms with E-state index in [-0.39, 0.29) is 0 Å². The molecule has 0 aromatic heterocycles. The van der Waals surface area contributed by atoms with Crippen molar-refractivity contribution in [2.75, 3.05) is 6.54 Å². The monoisotopic (exact) mass is 273 g/mol. The summed E-state index contributed by atoms with van der Waals surface area (Å²) in [6, 6.07) is 7.30. The van der Waals surface area contributed by atoms with Crippen molar-refractivity contribution in [3.63, 3.8) is 0 Å². The van der Waals surface area contributed by atoms with E-state index in [0.717, 1.165) is 0 Å². The number of benzene rings is 1. The minimum Gasteiger partial charge on any atom is -0.310 e. The number of aryl methyl sites for hydroxylation is 1. The van der Waals surface area contributed by atoms with Gasteiger partial charge in [-0.15, -0.1) is 0 Å². The summed E-state index contributed by atoms with van der Waals surface area (Å²) in [6.45, 7) is 3.37. The van der Waals surface area contributed by atoms with Crippen molar-refractivity contribution in [1.82, 2.24) is 5.32 Å². The van der Waals surface area contributed by atoms with Gasteiger partial charge in [0.05, 0.1) is 0 Å². The first-order valence-electron chi connectivity index (χ1n) is 4.27. The number of hydrogen-bond acceptors (Lipinski definition) is 1. The number of rotatable bonds is 1. The largest absolute Gasteiger partial charge is 0.310 e. The molecule has 1 aliphatic rings. The van der Waals surface area contributed by atoms with Gasteiger partial charge in [0.25, 0.3) is 0 Å². The third kappa shape index (κ3) is 1.50. The van der Waals surface area contributed by atoms with Gasteiger partial charge in [-0.3, -0.25) is 0 Å². The lowest BCUT2D eigenvalue weighted by Gasteiger charge is -2.29. The van der Waals surface area contributed by atoms with Gasteiger partial charge < -0.3 is 5.32 Å². The summed E-state index contributed by atoms with van der Waals surface area (Å²) in [7, 11) is 0. The second-order valence-electron chi connectivity index (χ2n) is 3.30. The number of hydrogen-bond donors (Lipinski definition) is 1. The molecule has 0 bridgehead atoms. The molecule has 1 fully saturated rings. The maximum Gasteiger partial charge on any atom is 0.0334 e. The van der Waals surface area contributed by atoms with E-state index in [9.17, 15) is 0 Å². The summed E-state index contributed by atoms with van der Waals surface area (Å²) < 4.78 is 1.33. The predicted octanol–water partition coefficient (Wildman–Crippen LogP) is 2.63. The van der Waals surface area contributed by atoms with Crippen LogP contribution in [-0.2, 0) is 0 Å². The van der Waals surface area contributed by atoms with Crippen LogP contribution in [0.4, 0.5) is 0 Å². The van der Waals surface area contributed by atoms with Crippen molar-refractivity contribution in [2.24, 2.45) is 0 Å². The van der Waals surface area contributed by atoms with Crippen LogP contribution >= 0.6 is 22.6 Å². The molecule has 0 spiro atoms. The number of halogens is 1. The molecule has 2 heteroatoms. The van der Waals surface area contributed by atoms with Gasteiger partial charge in [-0.05, 0) is 65.7 Å². The van der Waals surface area contributed by atoms with Gasteiger partial charge in [-0.2, -0.15) is 0 Å². The zero-order valence-corrected chi connectivity index (χ0v) is 9.26. The first-order valence-corrected chi connectivity index (χ1v) is 5.34. The molecule has 1 atom stereocenters. The van der Waals surface area contributed by atoms with Gasteiger partial charge in [0.1, 0.15) is 0 Å². The highest BCUT2D eigenvalue weighted by molar-refractivity contribution is 14.1. The lowest BCUT2D eigenvalue weighted by atomic mass is 9.94. The van der Waals surface area contributed by atoms with Crippen molar-refractivity contribution in [3.8, 4) is 0 Å². The lowest BCUT2D eigenvalue weighted by Crippen LogP contribution is -2.35. The molecule has 12 heavy (non-hydrogen) atoms.